The highest BCUT2D eigenvalue weighted by Crippen LogP contribution is 2.34. The van der Waals surface area contributed by atoms with E-state index < -0.39 is 6.04 Å². The molecule has 0 radical (unpaired) electrons. The maximum atomic E-state index is 13.0. The standard InChI is InChI=1S/C32H36N8O/c1-18(2)29(33)32(41)40-14-4-6-28(40)31-37-24-12-9-21(16-26(24)38-31)23-10-7-19-15-20(8-11-22(19)36-23)27-17-35-30(39-27)25-5-3-13-34-25/h7-12,15-18,25,28-29,34H,3-6,13-14,33H2,1-2H3,(H,35,39)(H,37,38)/t25-,28-,29-/m0/s1. The molecule has 0 saturated carbocycles. The van der Waals surface area contributed by atoms with E-state index in [-0.39, 0.29) is 17.9 Å². The summed E-state index contributed by atoms with van der Waals surface area (Å²) in [5.74, 6) is 1.94. The highest BCUT2D eigenvalue weighted by Gasteiger charge is 2.35. The van der Waals surface area contributed by atoms with E-state index in [2.05, 4.69) is 62.7 Å². The van der Waals surface area contributed by atoms with Crippen molar-refractivity contribution < 1.29 is 4.79 Å². The number of likely N-dealkylation sites (tertiary alicyclic amines) is 1. The topological polar surface area (TPSA) is 129 Å². The van der Waals surface area contributed by atoms with E-state index >= 15 is 0 Å². The van der Waals surface area contributed by atoms with Crippen LogP contribution < -0.4 is 11.1 Å². The molecular weight excluding hydrogens is 512 g/mol. The van der Waals surface area contributed by atoms with E-state index in [0.717, 1.165) is 81.9 Å². The Bertz CT molecular complexity index is 1730. The van der Waals surface area contributed by atoms with Crippen LogP contribution in [0.4, 0.5) is 0 Å². The Morgan fingerprint density at radius 2 is 1.80 bits per heavy atom. The summed E-state index contributed by atoms with van der Waals surface area (Å²) in [6.45, 7) is 5.74. The number of aromatic nitrogens is 5. The maximum Gasteiger partial charge on any atom is 0.240 e. The smallest absolute Gasteiger partial charge is 0.240 e. The lowest BCUT2D eigenvalue weighted by Gasteiger charge is -2.27. The van der Waals surface area contributed by atoms with Crippen molar-refractivity contribution in [3.8, 4) is 22.5 Å². The lowest BCUT2D eigenvalue weighted by atomic mass is 10.0. The molecule has 2 saturated heterocycles. The molecule has 7 rings (SSSR count). The number of nitrogens with one attached hydrogen (secondary N) is 3. The molecule has 0 aliphatic carbocycles. The molecule has 9 nitrogen and oxygen atoms in total. The average Bonchev–Trinajstić information content (AvgIpc) is 3.80. The van der Waals surface area contributed by atoms with Gasteiger partial charge in [-0.25, -0.2) is 15.0 Å². The van der Waals surface area contributed by atoms with Gasteiger partial charge in [-0.05, 0) is 68.5 Å². The quantitative estimate of drug-likeness (QED) is 0.230. The summed E-state index contributed by atoms with van der Waals surface area (Å²) in [7, 11) is 0. The van der Waals surface area contributed by atoms with Crippen molar-refractivity contribution in [1.29, 1.82) is 0 Å². The number of aromatic amines is 2. The van der Waals surface area contributed by atoms with Gasteiger partial charge in [-0.15, -0.1) is 0 Å². The van der Waals surface area contributed by atoms with E-state index in [1.807, 2.05) is 31.0 Å². The zero-order chi connectivity index (χ0) is 28.1. The first-order valence-corrected chi connectivity index (χ1v) is 14.7. The molecule has 210 valence electrons. The van der Waals surface area contributed by atoms with Crippen LogP contribution in [-0.2, 0) is 4.79 Å². The largest absolute Gasteiger partial charge is 0.341 e. The summed E-state index contributed by atoms with van der Waals surface area (Å²) in [4.78, 5) is 36.4. The van der Waals surface area contributed by atoms with Crippen molar-refractivity contribution in [2.75, 3.05) is 13.1 Å². The minimum Gasteiger partial charge on any atom is -0.341 e. The van der Waals surface area contributed by atoms with Crippen molar-refractivity contribution in [2.24, 2.45) is 11.7 Å². The van der Waals surface area contributed by atoms with E-state index in [4.69, 9.17) is 15.7 Å². The number of fused-ring (bicyclic) bond motifs is 2. The van der Waals surface area contributed by atoms with Crippen molar-refractivity contribution >= 4 is 27.8 Å². The molecule has 5 heterocycles. The second-order valence-electron chi connectivity index (χ2n) is 11.7. The van der Waals surface area contributed by atoms with Crippen LogP contribution in [0.2, 0.25) is 0 Å². The molecule has 2 aromatic carbocycles. The molecule has 9 heteroatoms. The number of imidazole rings is 2. The minimum absolute atomic E-state index is 0.00552. The number of nitrogens with zero attached hydrogens (tertiary/aromatic N) is 4. The molecule has 41 heavy (non-hydrogen) atoms. The monoisotopic (exact) mass is 548 g/mol. The van der Waals surface area contributed by atoms with Gasteiger partial charge in [0.25, 0.3) is 0 Å². The molecular formula is C32H36N8O. The lowest BCUT2D eigenvalue weighted by Crippen LogP contribution is -2.46. The van der Waals surface area contributed by atoms with Crippen LogP contribution in [-0.4, -0.2) is 54.9 Å². The molecule has 0 bridgehead atoms. The average molecular weight is 549 g/mol. The zero-order valence-electron chi connectivity index (χ0n) is 23.5. The molecule has 0 unspecified atom stereocenters. The summed E-state index contributed by atoms with van der Waals surface area (Å²) < 4.78 is 0. The molecule has 5 aromatic rings. The maximum absolute atomic E-state index is 13.0. The zero-order valence-corrected chi connectivity index (χ0v) is 23.5. The van der Waals surface area contributed by atoms with E-state index in [9.17, 15) is 4.79 Å². The summed E-state index contributed by atoms with van der Waals surface area (Å²) >= 11 is 0. The highest BCUT2D eigenvalue weighted by atomic mass is 16.2. The van der Waals surface area contributed by atoms with Gasteiger partial charge in [0.1, 0.15) is 11.6 Å². The number of carbonyl (C=O) groups is 1. The first kappa shape index (κ1) is 25.9. The first-order chi connectivity index (χ1) is 19.9. The molecule has 2 aliphatic heterocycles. The van der Waals surface area contributed by atoms with E-state index in [1.165, 1.54) is 6.42 Å². The van der Waals surface area contributed by atoms with Gasteiger partial charge in [-0.1, -0.05) is 32.0 Å². The Labute approximate surface area is 239 Å². The lowest BCUT2D eigenvalue weighted by molar-refractivity contribution is -0.134. The minimum atomic E-state index is -0.493. The number of carbonyl (C=O) groups excluding carboxylic acids is 1. The van der Waals surface area contributed by atoms with Gasteiger partial charge >= 0.3 is 0 Å². The predicted octanol–water partition coefficient (Wildman–Crippen LogP) is 5.24. The number of amides is 1. The number of pyridine rings is 1. The molecule has 2 fully saturated rings. The van der Waals surface area contributed by atoms with Crippen molar-refractivity contribution in [3.63, 3.8) is 0 Å². The number of hydrogen-bond donors (Lipinski definition) is 4. The van der Waals surface area contributed by atoms with E-state index in [1.54, 1.807) is 0 Å². The molecule has 2 aliphatic rings. The Hall–Kier alpha value is -4.08. The van der Waals surface area contributed by atoms with Gasteiger partial charge in [0.2, 0.25) is 5.91 Å². The molecule has 1 amide bonds. The highest BCUT2D eigenvalue weighted by molar-refractivity contribution is 5.88. The van der Waals surface area contributed by atoms with Crippen LogP contribution in [0, 0.1) is 5.92 Å². The fourth-order valence-electron chi connectivity index (χ4n) is 6.17. The van der Waals surface area contributed by atoms with Gasteiger partial charge < -0.3 is 25.9 Å². The van der Waals surface area contributed by atoms with E-state index in [0.29, 0.717) is 12.6 Å². The van der Waals surface area contributed by atoms with Gasteiger partial charge in [0.05, 0.1) is 52.3 Å². The Balaban J connectivity index is 1.14. The number of H-pyrrole nitrogens is 2. The van der Waals surface area contributed by atoms with Crippen LogP contribution >= 0.6 is 0 Å². The van der Waals surface area contributed by atoms with Gasteiger partial charge in [-0.3, -0.25) is 4.79 Å². The van der Waals surface area contributed by atoms with Crippen molar-refractivity contribution in [2.45, 2.75) is 57.7 Å². The first-order valence-electron chi connectivity index (χ1n) is 14.7. The number of rotatable bonds is 6. The van der Waals surface area contributed by atoms with Crippen molar-refractivity contribution in [3.05, 3.63) is 66.4 Å². The number of nitrogens with two attached hydrogens (primary N) is 1. The normalized spacial score (nSPS) is 20.0. The third-order valence-corrected chi connectivity index (χ3v) is 8.64. The van der Waals surface area contributed by atoms with Gasteiger partial charge in [0.15, 0.2) is 0 Å². The Morgan fingerprint density at radius 3 is 2.63 bits per heavy atom. The summed E-state index contributed by atoms with van der Waals surface area (Å²) in [5.41, 5.74) is 13.0. The van der Waals surface area contributed by atoms with Crippen LogP contribution in [0.1, 0.15) is 63.3 Å². The fourth-order valence-corrected chi connectivity index (χ4v) is 6.17. The second kappa shape index (κ2) is 10.4. The predicted molar refractivity (Wildman–Crippen MR) is 161 cm³/mol. The third kappa shape index (κ3) is 4.79. The number of hydrogen-bond acceptors (Lipinski definition) is 6. The van der Waals surface area contributed by atoms with Crippen LogP contribution in [0.15, 0.2) is 54.7 Å². The molecule has 3 atom stereocenters. The van der Waals surface area contributed by atoms with Crippen LogP contribution in [0.25, 0.3) is 44.5 Å². The molecule has 3 aromatic heterocycles. The second-order valence-corrected chi connectivity index (χ2v) is 11.7. The van der Waals surface area contributed by atoms with Crippen LogP contribution in [0.3, 0.4) is 0 Å². The van der Waals surface area contributed by atoms with Gasteiger partial charge in [-0.2, -0.15) is 0 Å². The summed E-state index contributed by atoms with van der Waals surface area (Å²) in [6.07, 6.45) is 6.06. The Kier molecular flexibility index (Phi) is 6.55. The summed E-state index contributed by atoms with van der Waals surface area (Å²) in [6, 6.07) is 16.5. The third-order valence-electron chi connectivity index (χ3n) is 8.64. The molecule has 0 spiro atoms. The van der Waals surface area contributed by atoms with Crippen LogP contribution in [0.5, 0.6) is 0 Å². The SMILES string of the molecule is CC(C)[C@H](N)C(=O)N1CCC[C@H]1c1nc2ccc(-c3ccc4cc(-c5cnc([C@@H]6CCCN6)[nH]5)ccc4n3)cc2[nH]1. The summed E-state index contributed by atoms with van der Waals surface area (Å²) in [5, 5.41) is 4.58. The fraction of sp³-hybridized carbons (Fsp3) is 0.375. The molecule has 5 N–H and O–H groups in total. The number of benzene rings is 2. The Morgan fingerprint density at radius 1 is 0.951 bits per heavy atom. The van der Waals surface area contributed by atoms with Crippen molar-refractivity contribution in [1.82, 2.24) is 35.1 Å². The van der Waals surface area contributed by atoms with Gasteiger partial charge in [0, 0.05) is 23.1 Å².